The molecule has 0 aliphatic carbocycles. The van der Waals surface area contributed by atoms with Gasteiger partial charge in [0.05, 0.1) is 18.8 Å². The van der Waals surface area contributed by atoms with Crippen LogP contribution < -0.4 is 25.4 Å². The summed E-state index contributed by atoms with van der Waals surface area (Å²) in [5.74, 6) is -1.50. The second-order valence-corrected chi connectivity index (χ2v) is 6.84. The van der Waals surface area contributed by atoms with Crippen molar-refractivity contribution >= 4 is 23.7 Å². The highest BCUT2D eigenvalue weighted by molar-refractivity contribution is 5.98. The number of carboxylic acid groups (broad SMARTS) is 1. The van der Waals surface area contributed by atoms with Crippen molar-refractivity contribution in [1.29, 1.82) is 0 Å². The number of hydrogen-bond acceptors (Lipinski definition) is 6. The number of carbonyl (C=O) groups excluding carboxylic acids is 3. The third-order valence-corrected chi connectivity index (χ3v) is 4.23. The van der Waals surface area contributed by atoms with Gasteiger partial charge in [-0.05, 0) is 56.0 Å². The van der Waals surface area contributed by atoms with Gasteiger partial charge in [0.15, 0.2) is 0 Å². The summed E-state index contributed by atoms with van der Waals surface area (Å²) in [6.07, 6.45) is 5.10. The van der Waals surface area contributed by atoms with E-state index in [-0.39, 0.29) is 17.4 Å². The highest BCUT2D eigenvalue weighted by Crippen LogP contribution is 2.25. The van der Waals surface area contributed by atoms with Crippen molar-refractivity contribution in [3.05, 3.63) is 49.1 Å². The minimum atomic E-state index is -1.16. The van der Waals surface area contributed by atoms with Gasteiger partial charge in [-0.25, -0.2) is 0 Å². The van der Waals surface area contributed by atoms with Crippen LogP contribution in [-0.4, -0.2) is 61.6 Å². The van der Waals surface area contributed by atoms with Crippen molar-refractivity contribution in [3.8, 4) is 11.5 Å². The number of nitrogens with one attached hydrogen (secondary N) is 3. The molecule has 0 atom stereocenters. The first kappa shape index (κ1) is 27.2. The fourth-order valence-corrected chi connectivity index (χ4v) is 2.55. The SMILES string of the molecule is C=CC(=O)NCCCCOc1ccc(OCCCCNC(=O)C=C)c(C(=O)NCC(=O)O)c1. The number of unbranched alkanes of at least 4 members (excludes halogenated alkanes) is 2. The number of hydrogen-bond donors (Lipinski definition) is 4. The molecule has 0 fully saturated rings. The van der Waals surface area contributed by atoms with Crippen LogP contribution in [0.3, 0.4) is 0 Å². The number of ether oxygens (including phenoxy) is 2. The minimum Gasteiger partial charge on any atom is -0.494 e. The molecule has 0 saturated heterocycles. The Hall–Kier alpha value is -3.82. The summed E-state index contributed by atoms with van der Waals surface area (Å²) in [4.78, 5) is 45.4. The lowest BCUT2D eigenvalue weighted by atomic mass is 10.1. The van der Waals surface area contributed by atoms with Gasteiger partial charge >= 0.3 is 5.97 Å². The van der Waals surface area contributed by atoms with E-state index in [1.165, 1.54) is 18.2 Å². The molecule has 10 nitrogen and oxygen atoms in total. The zero-order valence-electron chi connectivity index (χ0n) is 18.6. The molecular formula is C23H31N3O7. The topological polar surface area (TPSA) is 143 Å². The molecule has 1 rings (SSSR count). The van der Waals surface area contributed by atoms with E-state index < -0.39 is 18.4 Å². The van der Waals surface area contributed by atoms with E-state index in [0.717, 1.165) is 0 Å². The second kappa shape index (κ2) is 15.9. The molecule has 180 valence electrons. The van der Waals surface area contributed by atoms with Gasteiger partial charge in [0, 0.05) is 13.1 Å². The highest BCUT2D eigenvalue weighted by Gasteiger charge is 2.15. The molecule has 0 saturated carbocycles. The minimum absolute atomic E-state index is 0.159. The van der Waals surface area contributed by atoms with Gasteiger partial charge < -0.3 is 30.5 Å². The van der Waals surface area contributed by atoms with Crippen LogP contribution in [0.15, 0.2) is 43.5 Å². The Morgan fingerprint density at radius 2 is 1.42 bits per heavy atom. The van der Waals surface area contributed by atoms with Crippen LogP contribution in [0.25, 0.3) is 0 Å². The molecule has 0 aliphatic rings. The van der Waals surface area contributed by atoms with E-state index in [1.54, 1.807) is 12.1 Å². The standard InChI is InChI=1S/C23H31N3O7/c1-3-20(27)24-11-5-7-13-32-17-9-10-19(18(15-17)23(31)26-16-22(29)30)33-14-8-6-12-25-21(28)4-2/h3-4,9-10,15H,1-2,5-8,11-14,16H2,(H,24,27)(H,25,28)(H,26,31)(H,29,30). The van der Waals surface area contributed by atoms with Crippen LogP contribution in [0, 0.1) is 0 Å². The number of amides is 3. The first-order chi connectivity index (χ1) is 15.9. The van der Waals surface area contributed by atoms with Crippen LogP contribution in [0.1, 0.15) is 36.0 Å². The van der Waals surface area contributed by atoms with Gasteiger partial charge in [0.2, 0.25) is 11.8 Å². The fourth-order valence-electron chi connectivity index (χ4n) is 2.55. The van der Waals surface area contributed by atoms with E-state index in [2.05, 4.69) is 29.1 Å². The average molecular weight is 462 g/mol. The molecule has 3 amide bonds. The van der Waals surface area contributed by atoms with Crippen LogP contribution in [0.2, 0.25) is 0 Å². The van der Waals surface area contributed by atoms with Crippen LogP contribution in [-0.2, 0) is 14.4 Å². The smallest absolute Gasteiger partial charge is 0.322 e. The molecular weight excluding hydrogens is 430 g/mol. The predicted molar refractivity (Wildman–Crippen MR) is 122 cm³/mol. The molecule has 10 heteroatoms. The zero-order chi connectivity index (χ0) is 24.5. The Morgan fingerprint density at radius 1 is 0.848 bits per heavy atom. The third-order valence-electron chi connectivity index (χ3n) is 4.23. The summed E-state index contributed by atoms with van der Waals surface area (Å²) in [7, 11) is 0. The lowest BCUT2D eigenvalue weighted by molar-refractivity contribution is -0.135. The molecule has 0 aliphatic heterocycles. The Labute approximate surface area is 193 Å². The highest BCUT2D eigenvalue weighted by atomic mass is 16.5. The summed E-state index contributed by atoms with van der Waals surface area (Å²) in [6, 6.07) is 4.75. The van der Waals surface area contributed by atoms with Gasteiger partial charge in [-0.15, -0.1) is 0 Å². The quantitative estimate of drug-likeness (QED) is 0.203. The summed E-state index contributed by atoms with van der Waals surface area (Å²) in [5, 5.41) is 16.5. The van der Waals surface area contributed by atoms with E-state index >= 15 is 0 Å². The molecule has 0 aromatic heterocycles. The molecule has 33 heavy (non-hydrogen) atoms. The van der Waals surface area contributed by atoms with Crippen molar-refractivity contribution in [3.63, 3.8) is 0 Å². The van der Waals surface area contributed by atoms with Gasteiger partial charge in [-0.3, -0.25) is 19.2 Å². The van der Waals surface area contributed by atoms with Crippen molar-refractivity contribution in [1.82, 2.24) is 16.0 Å². The number of aliphatic carboxylic acids is 1. The molecule has 0 spiro atoms. The van der Waals surface area contributed by atoms with Crippen molar-refractivity contribution < 1.29 is 33.8 Å². The molecule has 0 unspecified atom stereocenters. The Morgan fingerprint density at radius 3 is 1.97 bits per heavy atom. The lowest BCUT2D eigenvalue weighted by Gasteiger charge is -2.14. The van der Waals surface area contributed by atoms with Gasteiger partial charge in [-0.1, -0.05) is 13.2 Å². The zero-order valence-corrected chi connectivity index (χ0v) is 18.6. The van der Waals surface area contributed by atoms with Crippen molar-refractivity contribution in [2.45, 2.75) is 25.7 Å². The maximum absolute atomic E-state index is 12.5. The van der Waals surface area contributed by atoms with E-state index in [4.69, 9.17) is 14.6 Å². The van der Waals surface area contributed by atoms with E-state index in [0.29, 0.717) is 63.5 Å². The van der Waals surface area contributed by atoms with Crippen molar-refractivity contribution in [2.75, 3.05) is 32.8 Å². The molecule has 0 radical (unpaired) electrons. The number of rotatable bonds is 17. The number of carboxylic acids is 1. The van der Waals surface area contributed by atoms with Crippen molar-refractivity contribution in [2.24, 2.45) is 0 Å². The molecule has 0 bridgehead atoms. The Kier molecular flexibility index (Phi) is 13.1. The Balaban J connectivity index is 2.62. The van der Waals surface area contributed by atoms with Gasteiger partial charge in [0.25, 0.3) is 5.91 Å². The maximum atomic E-state index is 12.5. The van der Waals surface area contributed by atoms with Gasteiger partial charge in [-0.2, -0.15) is 0 Å². The van der Waals surface area contributed by atoms with E-state index in [9.17, 15) is 19.2 Å². The average Bonchev–Trinajstić information content (AvgIpc) is 2.81. The second-order valence-electron chi connectivity index (χ2n) is 6.84. The fraction of sp³-hybridized carbons (Fsp3) is 0.391. The third kappa shape index (κ3) is 12.0. The summed E-state index contributed by atoms with van der Waals surface area (Å²) in [5.41, 5.74) is 0.159. The van der Waals surface area contributed by atoms with E-state index in [1.807, 2.05) is 0 Å². The monoisotopic (exact) mass is 461 g/mol. The first-order valence-corrected chi connectivity index (χ1v) is 10.6. The molecule has 1 aromatic rings. The first-order valence-electron chi connectivity index (χ1n) is 10.6. The molecule has 1 aromatic carbocycles. The summed E-state index contributed by atoms with van der Waals surface area (Å²) >= 11 is 0. The van der Waals surface area contributed by atoms with Gasteiger partial charge in [0.1, 0.15) is 18.0 Å². The lowest BCUT2D eigenvalue weighted by Crippen LogP contribution is -2.29. The maximum Gasteiger partial charge on any atom is 0.322 e. The molecule has 4 N–H and O–H groups in total. The Bertz CT molecular complexity index is 839. The predicted octanol–water partition coefficient (Wildman–Crippen LogP) is 1.42. The largest absolute Gasteiger partial charge is 0.494 e. The van der Waals surface area contributed by atoms with Crippen LogP contribution in [0.5, 0.6) is 11.5 Å². The normalized spacial score (nSPS) is 9.94. The molecule has 0 heterocycles. The number of benzene rings is 1. The van der Waals surface area contributed by atoms with Crippen LogP contribution in [0.4, 0.5) is 0 Å². The number of carbonyl (C=O) groups is 4. The summed E-state index contributed by atoms with van der Waals surface area (Å²) < 4.78 is 11.4. The van der Waals surface area contributed by atoms with Crippen LogP contribution >= 0.6 is 0 Å². The summed E-state index contributed by atoms with van der Waals surface area (Å²) in [6.45, 7) is 7.88.